The molecule has 0 aliphatic carbocycles. The summed E-state index contributed by atoms with van der Waals surface area (Å²) in [6.07, 6.45) is -0.141. The van der Waals surface area contributed by atoms with Gasteiger partial charge in [0.05, 0.1) is 11.4 Å². The molecule has 0 fully saturated rings. The van der Waals surface area contributed by atoms with Gasteiger partial charge in [-0.15, -0.1) is 0 Å². The van der Waals surface area contributed by atoms with Crippen molar-refractivity contribution in [1.82, 2.24) is 4.98 Å². The Morgan fingerprint density at radius 2 is 1.92 bits per heavy atom. The van der Waals surface area contributed by atoms with E-state index in [1.54, 1.807) is 7.11 Å². The summed E-state index contributed by atoms with van der Waals surface area (Å²) in [7, 11) is 3.77. The number of halogens is 1. The molecule has 0 bridgehead atoms. The van der Waals surface area contributed by atoms with Crippen LogP contribution in [-0.4, -0.2) is 32.0 Å². The Morgan fingerprint density at radius 3 is 2.56 bits per heavy atom. The number of aryl methyl sites for hydroxylation is 1. The first-order valence-corrected chi connectivity index (χ1v) is 8.89. The second-order valence-corrected chi connectivity index (χ2v) is 8.30. The van der Waals surface area contributed by atoms with Gasteiger partial charge in [0, 0.05) is 31.3 Å². The zero-order valence-electron chi connectivity index (χ0n) is 15.8. The van der Waals surface area contributed by atoms with Crippen molar-refractivity contribution < 1.29 is 4.74 Å². The van der Waals surface area contributed by atoms with Gasteiger partial charge in [-0.25, -0.2) is 4.98 Å². The van der Waals surface area contributed by atoms with E-state index in [1.807, 2.05) is 25.2 Å². The highest BCUT2D eigenvalue weighted by atomic mass is 35.5. The van der Waals surface area contributed by atoms with Crippen molar-refractivity contribution in [2.45, 2.75) is 34.0 Å². The highest BCUT2D eigenvalue weighted by Gasteiger charge is 2.37. The molecule has 0 saturated carbocycles. The molecule has 1 atom stereocenters. The van der Waals surface area contributed by atoms with Crippen molar-refractivity contribution >= 4 is 23.1 Å². The Kier molecular flexibility index (Phi) is 4.69. The van der Waals surface area contributed by atoms with Crippen molar-refractivity contribution in [2.24, 2.45) is 5.41 Å². The van der Waals surface area contributed by atoms with Crippen LogP contribution in [0.25, 0.3) is 11.3 Å². The predicted octanol–water partition coefficient (Wildman–Crippen LogP) is 4.94. The van der Waals surface area contributed by atoms with Crippen LogP contribution >= 0.6 is 11.6 Å². The normalized spacial score (nSPS) is 17.2. The fourth-order valence-corrected chi connectivity index (χ4v) is 3.51. The average molecular weight is 360 g/mol. The summed E-state index contributed by atoms with van der Waals surface area (Å²) < 4.78 is 5.74. The molecule has 0 N–H and O–H groups in total. The highest BCUT2D eigenvalue weighted by molar-refractivity contribution is 6.30. The lowest BCUT2D eigenvalue weighted by molar-refractivity contribution is 0.0995. The summed E-state index contributed by atoms with van der Waals surface area (Å²) in [5.74, 6) is 0.938. The van der Waals surface area contributed by atoms with Crippen molar-refractivity contribution in [3.63, 3.8) is 0 Å². The van der Waals surface area contributed by atoms with E-state index < -0.39 is 0 Å². The molecule has 3 rings (SSSR count). The second-order valence-electron chi connectivity index (χ2n) is 7.86. The first-order chi connectivity index (χ1) is 11.7. The number of benzene rings is 1. The molecule has 0 radical (unpaired) electrons. The van der Waals surface area contributed by atoms with Crippen LogP contribution in [0.2, 0.25) is 5.02 Å². The minimum atomic E-state index is -0.141. The van der Waals surface area contributed by atoms with Crippen LogP contribution in [0.15, 0.2) is 30.3 Å². The number of hydrogen-bond acceptors (Lipinski definition) is 4. The zero-order chi connectivity index (χ0) is 18.4. The second kappa shape index (κ2) is 6.50. The van der Waals surface area contributed by atoms with E-state index >= 15 is 0 Å². The van der Waals surface area contributed by atoms with Crippen LogP contribution in [0.1, 0.15) is 26.3 Å². The van der Waals surface area contributed by atoms with Crippen molar-refractivity contribution in [1.29, 1.82) is 0 Å². The Bertz CT molecular complexity index is 785. The van der Waals surface area contributed by atoms with Crippen LogP contribution in [0, 0.1) is 12.3 Å². The van der Waals surface area contributed by atoms with E-state index in [-0.39, 0.29) is 11.8 Å². The van der Waals surface area contributed by atoms with Crippen molar-refractivity contribution in [3.05, 3.63) is 40.9 Å². The summed E-state index contributed by atoms with van der Waals surface area (Å²) >= 11 is 6.19. The molecule has 2 heterocycles. The molecule has 0 amide bonds. The van der Waals surface area contributed by atoms with Gasteiger partial charge in [-0.05, 0) is 42.2 Å². The molecule has 1 aromatic carbocycles. The number of rotatable bonds is 3. The Balaban J connectivity index is 2.06. The topological polar surface area (TPSA) is 28.6 Å². The molecule has 25 heavy (non-hydrogen) atoms. The molecule has 0 spiro atoms. The van der Waals surface area contributed by atoms with Crippen LogP contribution < -0.4 is 9.80 Å². The first kappa shape index (κ1) is 18.0. The summed E-state index contributed by atoms with van der Waals surface area (Å²) in [6.45, 7) is 9.66. The van der Waals surface area contributed by atoms with Gasteiger partial charge in [0.25, 0.3) is 0 Å². The lowest BCUT2D eigenvalue weighted by Gasteiger charge is -2.33. The van der Waals surface area contributed by atoms with Gasteiger partial charge in [0.1, 0.15) is 0 Å². The third-order valence-corrected chi connectivity index (χ3v) is 4.66. The largest absolute Gasteiger partial charge is 0.344 e. The Labute approximate surface area is 155 Å². The smallest absolute Gasteiger partial charge is 0.211 e. The summed E-state index contributed by atoms with van der Waals surface area (Å²) in [6, 6.07) is 10.1. The molecule has 134 valence electrons. The lowest BCUT2D eigenvalue weighted by atomic mass is 9.96. The molecular weight excluding hydrogens is 334 g/mol. The average Bonchev–Trinajstić information content (AvgIpc) is 2.79. The SMILES string of the molecule is COC1N(C)c2nc(-c3cc(Cl)ccc3C)ccc2N1CC(C)(C)C. The van der Waals surface area contributed by atoms with E-state index in [1.165, 1.54) is 0 Å². The number of fused-ring (bicyclic) bond motifs is 1. The quantitative estimate of drug-likeness (QED) is 0.775. The van der Waals surface area contributed by atoms with E-state index in [0.29, 0.717) is 0 Å². The van der Waals surface area contributed by atoms with Crippen LogP contribution in [0.4, 0.5) is 11.5 Å². The third-order valence-electron chi connectivity index (χ3n) is 4.43. The molecule has 1 aromatic heterocycles. The number of ether oxygens (including phenoxy) is 1. The van der Waals surface area contributed by atoms with Gasteiger partial charge in [-0.2, -0.15) is 0 Å². The number of nitrogens with zero attached hydrogens (tertiary/aromatic N) is 3. The fraction of sp³-hybridized carbons (Fsp3) is 0.450. The number of aromatic nitrogens is 1. The number of pyridine rings is 1. The molecule has 1 aliphatic rings. The van der Waals surface area contributed by atoms with E-state index in [9.17, 15) is 0 Å². The van der Waals surface area contributed by atoms with Gasteiger partial charge in [0.15, 0.2) is 5.82 Å². The maximum atomic E-state index is 6.19. The molecule has 4 nitrogen and oxygen atoms in total. The van der Waals surface area contributed by atoms with Crippen LogP contribution in [0.3, 0.4) is 0 Å². The highest BCUT2D eigenvalue weighted by Crippen LogP contribution is 2.41. The van der Waals surface area contributed by atoms with E-state index in [4.69, 9.17) is 21.3 Å². The van der Waals surface area contributed by atoms with Crippen LogP contribution in [-0.2, 0) is 4.74 Å². The third kappa shape index (κ3) is 3.46. The molecule has 5 heteroatoms. The van der Waals surface area contributed by atoms with E-state index in [2.05, 4.69) is 49.6 Å². The Morgan fingerprint density at radius 1 is 1.20 bits per heavy atom. The minimum absolute atomic E-state index is 0.141. The van der Waals surface area contributed by atoms with Crippen molar-refractivity contribution in [2.75, 3.05) is 30.5 Å². The van der Waals surface area contributed by atoms with Gasteiger partial charge in [0.2, 0.25) is 6.35 Å². The molecule has 1 unspecified atom stereocenters. The number of hydrogen-bond donors (Lipinski definition) is 0. The maximum absolute atomic E-state index is 6.19. The monoisotopic (exact) mass is 359 g/mol. The van der Waals surface area contributed by atoms with Crippen molar-refractivity contribution in [3.8, 4) is 11.3 Å². The molecule has 0 saturated heterocycles. The predicted molar refractivity (Wildman–Crippen MR) is 105 cm³/mol. The summed E-state index contributed by atoms with van der Waals surface area (Å²) in [5.41, 5.74) is 4.41. The molecule has 2 aromatic rings. The number of methoxy groups -OCH3 is 1. The fourth-order valence-electron chi connectivity index (χ4n) is 3.34. The van der Waals surface area contributed by atoms with E-state index in [0.717, 1.165) is 39.9 Å². The van der Waals surface area contributed by atoms with Gasteiger partial charge in [-0.1, -0.05) is 38.4 Å². The summed E-state index contributed by atoms with van der Waals surface area (Å²) in [5, 5.41) is 0.723. The first-order valence-electron chi connectivity index (χ1n) is 8.51. The maximum Gasteiger partial charge on any atom is 0.211 e. The van der Waals surface area contributed by atoms with Gasteiger partial charge in [-0.3, -0.25) is 0 Å². The van der Waals surface area contributed by atoms with Gasteiger partial charge >= 0.3 is 0 Å². The van der Waals surface area contributed by atoms with Crippen LogP contribution in [0.5, 0.6) is 0 Å². The Hall–Kier alpha value is -1.78. The minimum Gasteiger partial charge on any atom is -0.344 e. The molecular formula is C20H26ClN3O. The summed E-state index contributed by atoms with van der Waals surface area (Å²) in [4.78, 5) is 9.29. The zero-order valence-corrected chi connectivity index (χ0v) is 16.6. The number of anilines is 2. The standard InChI is InChI=1S/C20H26ClN3O/c1-13-7-8-14(21)11-15(13)16-9-10-17-18(22-16)23(5)19(25-6)24(17)12-20(2,3)4/h7-11,19H,12H2,1-6H3. The van der Waals surface area contributed by atoms with Gasteiger partial charge < -0.3 is 14.5 Å². The molecule has 1 aliphatic heterocycles. The lowest BCUT2D eigenvalue weighted by Crippen LogP contribution is -2.46.